The molecule has 1 amide bonds. The average molecular weight is 643 g/mol. The molecule has 0 aliphatic carbocycles. The second-order valence-electron chi connectivity index (χ2n) is 9.43. The van der Waals surface area contributed by atoms with Gasteiger partial charge in [0.25, 0.3) is 16.3 Å². The van der Waals surface area contributed by atoms with Crippen LogP contribution in [0.5, 0.6) is 0 Å². The van der Waals surface area contributed by atoms with Gasteiger partial charge in [-0.1, -0.05) is 29.8 Å². The third-order valence-electron chi connectivity index (χ3n) is 5.92. The first kappa shape index (κ1) is 33.6. The number of hydrogen-bond donors (Lipinski definition) is 1. The third-order valence-corrected chi connectivity index (χ3v) is 7.25. The lowest BCUT2D eigenvalue weighted by Gasteiger charge is -2.20. The highest BCUT2D eigenvalue weighted by molar-refractivity contribution is 7.90. The fourth-order valence-corrected chi connectivity index (χ4v) is 4.39. The predicted octanol–water partition coefficient (Wildman–Crippen LogP) is 4.32. The summed E-state index contributed by atoms with van der Waals surface area (Å²) in [4.78, 5) is 27.4. The molecule has 1 N–H and O–H groups in total. The van der Waals surface area contributed by atoms with E-state index in [1.165, 1.54) is 33.0 Å². The first-order chi connectivity index (χ1) is 20.5. The van der Waals surface area contributed by atoms with E-state index in [2.05, 4.69) is 15.1 Å². The summed E-state index contributed by atoms with van der Waals surface area (Å²) in [5.74, 6) is -0.651. The first-order valence-corrected chi connectivity index (χ1v) is 14.2. The molecule has 0 aliphatic rings. The topological polar surface area (TPSA) is 167 Å². The van der Waals surface area contributed by atoms with Gasteiger partial charge in [0.2, 0.25) is 5.28 Å². The van der Waals surface area contributed by atoms with Crippen molar-refractivity contribution < 1.29 is 50.5 Å². The number of aryl methyl sites for hydroxylation is 1. The molecule has 44 heavy (non-hydrogen) atoms. The van der Waals surface area contributed by atoms with E-state index in [0.29, 0.717) is 5.56 Å². The Kier molecular flexibility index (Phi) is 10.4. The third kappa shape index (κ3) is 8.82. The van der Waals surface area contributed by atoms with Gasteiger partial charge in [0.05, 0.1) is 28.3 Å². The van der Waals surface area contributed by atoms with Crippen molar-refractivity contribution in [1.29, 1.82) is 0 Å². The minimum Gasteiger partial charge on any atom is -0.569 e. The Balaban J connectivity index is 1.68. The van der Waals surface area contributed by atoms with Crippen LogP contribution in [0.1, 0.15) is 32.0 Å². The summed E-state index contributed by atoms with van der Waals surface area (Å²) >= 11 is 0. The molecular formula is C26H29F3N6O8S. The number of nitrogens with zero attached hydrogens (tertiary/aromatic N) is 5. The van der Waals surface area contributed by atoms with Crippen molar-refractivity contribution in [3.63, 3.8) is 0 Å². The van der Waals surface area contributed by atoms with E-state index in [4.69, 9.17) is 9.57 Å². The number of hydrogen-bond acceptors (Lipinski definition) is 10. The number of rotatable bonds is 11. The van der Waals surface area contributed by atoms with Crippen molar-refractivity contribution in [3.05, 3.63) is 71.1 Å². The van der Waals surface area contributed by atoms with Gasteiger partial charge < -0.3 is 14.7 Å². The summed E-state index contributed by atoms with van der Waals surface area (Å²) in [5, 5.41) is 19.9. The molecule has 1 unspecified atom stereocenters. The fraction of sp³-hybridized carbons (Fsp3) is 0.346. The van der Waals surface area contributed by atoms with Crippen molar-refractivity contribution in [1.82, 2.24) is 19.5 Å². The van der Waals surface area contributed by atoms with Crippen molar-refractivity contribution in [2.24, 2.45) is 5.28 Å². The molecule has 1 heterocycles. The van der Waals surface area contributed by atoms with Crippen LogP contribution in [0.4, 0.5) is 18.0 Å². The van der Waals surface area contributed by atoms with E-state index in [-0.39, 0.29) is 21.2 Å². The van der Waals surface area contributed by atoms with Gasteiger partial charge in [-0.05, 0) is 44.2 Å². The zero-order valence-corrected chi connectivity index (χ0v) is 24.9. The monoisotopic (exact) mass is 642 g/mol. The second kappa shape index (κ2) is 13.6. The van der Waals surface area contributed by atoms with Crippen molar-refractivity contribution in [3.8, 4) is 16.9 Å². The number of halogens is 3. The van der Waals surface area contributed by atoms with Crippen LogP contribution in [-0.4, -0.2) is 66.2 Å². The molecular weight excluding hydrogens is 613 g/mol. The Bertz CT molecular complexity index is 1610. The SMILES string of the molecule is CC(=O)OC(C)ON=[N+]([O-])N(C)[C@@H](C)COC(=O)NS(=O)(=O)c1ccc(-n2nc(C(F)(F)F)cc2-c2ccc(C)cc2)cc1. The maximum absolute atomic E-state index is 13.5. The molecule has 0 bridgehead atoms. The quantitative estimate of drug-likeness (QED) is 0.105. The lowest BCUT2D eigenvalue weighted by molar-refractivity contribution is -0.714. The highest BCUT2D eigenvalue weighted by atomic mass is 32.2. The number of carbonyl (C=O) groups excluding carboxylic acids is 2. The minimum absolute atomic E-state index is 0.00569. The summed E-state index contributed by atoms with van der Waals surface area (Å²) in [5.41, 5.74) is 0.486. The molecule has 1 aromatic heterocycles. The van der Waals surface area contributed by atoms with Gasteiger partial charge >= 0.3 is 18.2 Å². The molecule has 18 heteroatoms. The van der Waals surface area contributed by atoms with Gasteiger partial charge in [-0.2, -0.15) is 18.3 Å². The number of ether oxygens (including phenoxy) is 2. The van der Waals surface area contributed by atoms with Gasteiger partial charge in [-0.3, -0.25) is 9.63 Å². The highest BCUT2D eigenvalue weighted by Gasteiger charge is 2.35. The normalized spacial score (nSPS) is 13.5. The Morgan fingerprint density at radius 2 is 1.75 bits per heavy atom. The Morgan fingerprint density at radius 3 is 2.32 bits per heavy atom. The van der Waals surface area contributed by atoms with E-state index in [1.807, 2.05) is 6.92 Å². The van der Waals surface area contributed by atoms with Crippen molar-refractivity contribution >= 4 is 22.1 Å². The number of carbonyl (C=O) groups is 2. The number of benzene rings is 2. The molecule has 2 atom stereocenters. The summed E-state index contributed by atoms with van der Waals surface area (Å²) in [6, 6.07) is 11.5. The molecule has 238 valence electrons. The average Bonchev–Trinajstić information content (AvgIpc) is 3.40. The lowest BCUT2D eigenvalue weighted by atomic mass is 10.1. The Hall–Kier alpha value is -4.87. The standard InChI is InChI=1S/C26H29F3N6O8S/c1-16-6-8-20(9-7-16)23-14-24(26(27,28)29)30-34(23)21-10-12-22(13-11-21)44(39,40)31-25(37)41-15-17(2)33(5)35(38)32-43-19(4)42-18(3)36/h6-14,17,19H,15H2,1-5H3,(H,31,37)/t17-,19?/m0/s1. The molecule has 0 fully saturated rings. The van der Waals surface area contributed by atoms with Gasteiger partial charge in [0.15, 0.2) is 5.69 Å². The highest BCUT2D eigenvalue weighted by Crippen LogP contribution is 2.33. The van der Waals surface area contributed by atoms with E-state index < -0.39 is 52.9 Å². The van der Waals surface area contributed by atoms with Crippen LogP contribution in [-0.2, 0) is 35.3 Å². The maximum Gasteiger partial charge on any atom is 0.435 e. The minimum atomic E-state index is -4.72. The number of sulfonamides is 1. The second-order valence-corrected chi connectivity index (χ2v) is 11.1. The smallest absolute Gasteiger partial charge is 0.435 e. The number of hydrazine groups is 1. The molecule has 0 saturated carbocycles. The molecule has 0 radical (unpaired) electrons. The first-order valence-electron chi connectivity index (χ1n) is 12.8. The van der Waals surface area contributed by atoms with E-state index in [0.717, 1.165) is 40.4 Å². The lowest BCUT2D eigenvalue weighted by Crippen LogP contribution is -2.40. The van der Waals surface area contributed by atoms with Gasteiger partial charge in [-0.25, -0.2) is 22.6 Å². The molecule has 3 aromatic rings. The largest absolute Gasteiger partial charge is 0.569 e. The zero-order valence-electron chi connectivity index (χ0n) is 24.1. The molecule has 2 aromatic carbocycles. The van der Waals surface area contributed by atoms with Gasteiger partial charge in [0.1, 0.15) is 12.6 Å². The van der Waals surface area contributed by atoms with Crippen LogP contribution >= 0.6 is 0 Å². The zero-order chi connectivity index (χ0) is 32.8. The molecule has 3 rings (SSSR count). The molecule has 0 saturated heterocycles. The summed E-state index contributed by atoms with van der Waals surface area (Å²) < 4.78 is 78.2. The van der Waals surface area contributed by atoms with E-state index >= 15 is 0 Å². The molecule has 14 nitrogen and oxygen atoms in total. The number of nitrogens with one attached hydrogen (secondary N) is 1. The molecule has 0 spiro atoms. The van der Waals surface area contributed by atoms with Crippen LogP contribution in [0.2, 0.25) is 0 Å². The van der Waals surface area contributed by atoms with Crippen molar-refractivity contribution in [2.75, 3.05) is 13.7 Å². The van der Waals surface area contributed by atoms with Crippen LogP contribution in [0.3, 0.4) is 0 Å². The summed E-state index contributed by atoms with van der Waals surface area (Å²) in [7, 11) is -3.18. The Morgan fingerprint density at radius 1 is 1.14 bits per heavy atom. The van der Waals surface area contributed by atoms with Crippen LogP contribution in [0, 0.1) is 12.1 Å². The van der Waals surface area contributed by atoms with Gasteiger partial charge in [0, 0.05) is 19.4 Å². The van der Waals surface area contributed by atoms with E-state index in [1.54, 1.807) is 29.0 Å². The van der Waals surface area contributed by atoms with Crippen molar-refractivity contribution in [2.45, 2.75) is 51.1 Å². The number of amides is 1. The number of aromatic nitrogens is 2. The summed E-state index contributed by atoms with van der Waals surface area (Å²) in [6.07, 6.45) is -7.21. The van der Waals surface area contributed by atoms with E-state index in [9.17, 15) is 36.4 Å². The summed E-state index contributed by atoms with van der Waals surface area (Å²) in [6.45, 7) is 5.30. The predicted molar refractivity (Wildman–Crippen MR) is 146 cm³/mol. The van der Waals surface area contributed by atoms with Crippen LogP contribution in [0.25, 0.3) is 16.9 Å². The van der Waals surface area contributed by atoms with Gasteiger partial charge in [-0.15, -0.1) is 5.01 Å². The van der Waals surface area contributed by atoms with Crippen LogP contribution in [0.15, 0.2) is 64.8 Å². The fourth-order valence-electron chi connectivity index (χ4n) is 3.50. The number of likely N-dealkylation sites (N-methyl/N-ethyl adjacent to an activating group) is 1. The van der Waals surface area contributed by atoms with Crippen LogP contribution < -0.4 is 4.72 Å². The number of alkyl halides is 3. The maximum atomic E-state index is 13.5. The molecule has 0 aliphatic heterocycles. The Labute approximate surface area is 250 Å². The number of esters is 1.